The van der Waals surface area contributed by atoms with Gasteiger partial charge in [-0.1, -0.05) is 104 Å². The molecule has 1 aliphatic heterocycles. The second-order valence-electron chi connectivity index (χ2n) is 25.8. The van der Waals surface area contributed by atoms with E-state index >= 15 is 4.57 Å². The van der Waals surface area contributed by atoms with Gasteiger partial charge in [0, 0.05) is 27.7 Å². The third kappa shape index (κ3) is 6.20. The van der Waals surface area contributed by atoms with E-state index in [1.54, 1.807) is 11.1 Å². The predicted octanol–water partition coefficient (Wildman–Crippen LogP) is 16.5. The Balaban J connectivity index is 0.999. The van der Waals surface area contributed by atoms with Crippen molar-refractivity contribution in [1.29, 1.82) is 0 Å². The molecule has 0 radical (unpaired) electrons. The van der Waals surface area contributed by atoms with E-state index in [9.17, 15) is 4.89 Å². The number of phosphoric acid groups is 1. The lowest BCUT2D eigenvalue weighted by atomic mass is 9.48. The van der Waals surface area contributed by atoms with Crippen molar-refractivity contribution in [2.24, 2.45) is 35.5 Å². The van der Waals surface area contributed by atoms with Crippen LogP contribution in [0.25, 0.3) is 22.3 Å². The summed E-state index contributed by atoms with van der Waals surface area (Å²) >= 11 is 0. The molecule has 4 nitrogen and oxygen atoms in total. The predicted molar refractivity (Wildman–Crippen MR) is 268 cm³/mol. The van der Waals surface area contributed by atoms with Gasteiger partial charge in [-0.15, -0.1) is 0 Å². The smallest absolute Gasteiger partial charge is 0.394 e. The fourth-order valence-electron chi connectivity index (χ4n) is 18.4. The molecule has 5 heteroatoms. The second kappa shape index (κ2) is 14.6. The van der Waals surface area contributed by atoms with Gasteiger partial charge in [0.2, 0.25) is 0 Å². The van der Waals surface area contributed by atoms with Crippen LogP contribution in [0.1, 0.15) is 225 Å². The fraction of sp³-hybridized carbons (Fsp3) is 0.607. The minimum absolute atomic E-state index is 0.271. The highest BCUT2D eigenvalue weighted by Gasteiger charge is 2.56. The van der Waals surface area contributed by atoms with E-state index in [0.717, 1.165) is 83.4 Å². The average molecular weight is 903 g/mol. The number of hydrogen-bond donors (Lipinski definition) is 1. The third-order valence-corrected chi connectivity index (χ3v) is 21.1. The van der Waals surface area contributed by atoms with Crippen molar-refractivity contribution in [1.82, 2.24) is 0 Å². The van der Waals surface area contributed by atoms with Crippen LogP contribution < -0.4 is 9.05 Å². The van der Waals surface area contributed by atoms with Gasteiger partial charge >= 0.3 is 7.82 Å². The molecule has 11 aliphatic rings. The minimum atomic E-state index is -4.71. The zero-order valence-corrected chi connectivity index (χ0v) is 42.2. The molecule has 0 amide bonds. The molecule has 1 spiro atoms. The Bertz CT molecular complexity index is 2440. The van der Waals surface area contributed by atoms with E-state index in [4.69, 9.17) is 9.05 Å². The Morgan fingerprint density at radius 1 is 0.500 bits per heavy atom. The lowest BCUT2D eigenvalue weighted by Gasteiger charge is -2.57. The molecule has 1 N–H and O–H groups in total. The molecule has 1 heterocycles. The molecule has 4 aromatic carbocycles. The Hall–Kier alpha value is -3.33. The highest BCUT2D eigenvalue weighted by molar-refractivity contribution is 7.48. The van der Waals surface area contributed by atoms with Gasteiger partial charge in [0.25, 0.3) is 0 Å². The summed E-state index contributed by atoms with van der Waals surface area (Å²) < 4.78 is 28.8. The summed E-state index contributed by atoms with van der Waals surface area (Å²) in [6.45, 7) is 18.8. The maximum atomic E-state index is 15.2. The van der Waals surface area contributed by atoms with E-state index in [0.29, 0.717) is 11.5 Å². The number of phosphoric ester groups is 1. The molecule has 10 aliphatic carbocycles. The van der Waals surface area contributed by atoms with Gasteiger partial charge in [-0.05, 0) is 228 Å². The lowest BCUT2D eigenvalue weighted by molar-refractivity contribution is -0.00537. The highest BCUT2D eigenvalue weighted by Crippen LogP contribution is 2.68. The Labute approximate surface area is 396 Å². The zero-order valence-electron chi connectivity index (χ0n) is 41.3. The zero-order chi connectivity index (χ0) is 45.4. The van der Waals surface area contributed by atoms with Gasteiger partial charge < -0.3 is 9.05 Å². The molecular weight excluding hydrogens is 828 g/mol. The lowest BCUT2D eigenvalue weighted by Crippen LogP contribution is -2.48. The Kier molecular flexibility index (Phi) is 9.46. The molecule has 0 unspecified atom stereocenters. The molecule has 0 aromatic heterocycles. The molecule has 0 atom stereocenters. The largest absolute Gasteiger partial charge is 0.584 e. The number of rotatable bonds is 8. The van der Waals surface area contributed by atoms with Gasteiger partial charge in [0.05, 0.1) is 0 Å². The third-order valence-electron chi connectivity index (χ3n) is 20.2. The molecule has 348 valence electrons. The van der Waals surface area contributed by atoms with Crippen LogP contribution in [0.5, 0.6) is 11.5 Å². The maximum Gasteiger partial charge on any atom is 0.584 e. The van der Waals surface area contributed by atoms with Crippen molar-refractivity contribution in [2.45, 2.75) is 198 Å². The van der Waals surface area contributed by atoms with Crippen molar-refractivity contribution in [3.63, 3.8) is 0 Å². The summed E-state index contributed by atoms with van der Waals surface area (Å²) in [5.74, 6) is 7.51. The summed E-state index contributed by atoms with van der Waals surface area (Å²) in [4.78, 5) is 12.4. The van der Waals surface area contributed by atoms with Gasteiger partial charge in [-0.3, -0.25) is 4.89 Å². The molecule has 8 saturated carbocycles. The van der Waals surface area contributed by atoms with Crippen LogP contribution in [-0.4, -0.2) is 4.89 Å². The number of hydrogen-bond acceptors (Lipinski definition) is 3. The van der Waals surface area contributed by atoms with E-state index < -0.39 is 7.82 Å². The quantitative estimate of drug-likeness (QED) is 0.179. The van der Waals surface area contributed by atoms with Crippen molar-refractivity contribution in [3.8, 4) is 33.8 Å². The second-order valence-corrected chi connectivity index (χ2v) is 27.1. The number of aryl methyl sites for hydroxylation is 2. The monoisotopic (exact) mass is 903 g/mol. The molecule has 0 saturated heterocycles. The minimum Gasteiger partial charge on any atom is -0.394 e. The standard InChI is InChI=1S/C61H75O4P/c1-33(2)49-23-45(59-27-37-17-38(28-59)19-39(18-37)29-59)24-50(34(3)4)53(49)47-11-9-43-13-15-61-16-14-44-10-12-48(58(56(44)61)65-66(62,63)64-57(47)55(43)61)54-51(35(5)6)25-46(26-52(54)36(7)8)60-30-40-20-41(31-60)22-42(21-40)32-60/h9-12,23-26,33-42H,13-22,27-32H2,1-8H3,(H,62,63). The molecular formula is C61H75O4P. The van der Waals surface area contributed by atoms with Crippen LogP contribution in [0.2, 0.25) is 0 Å². The molecule has 8 bridgehead atoms. The van der Waals surface area contributed by atoms with Crippen LogP contribution in [-0.2, 0) is 33.7 Å². The Morgan fingerprint density at radius 3 is 1.09 bits per heavy atom. The van der Waals surface area contributed by atoms with Crippen molar-refractivity contribution < 1.29 is 18.5 Å². The topological polar surface area (TPSA) is 55.8 Å². The first-order valence-corrected chi connectivity index (χ1v) is 28.4. The number of benzene rings is 4. The summed E-state index contributed by atoms with van der Waals surface area (Å²) in [7, 11) is -4.71. The van der Waals surface area contributed by atoms with Crippen LogP contribution in [0.3, 0.4) is 0 Å². The van der Waals surface area contributed by atoms with Crippen LogP contribution in [0, 0.1) is 35.5 Å². The SMILES string of the molecule is CC(C)c1cc(C23CC4CC(CC(C4)C2)C3)cc(C(C)C)c1-c1ccc2c3c1OP(=O)(O)Oc1c(-c4c(C(C)C)cc(C56CC7CC(CC(C7)C5)C6)cc4C(C)C)ccc4c1C3(CC2)CC4. The molecule has 4 aromatic rings. The summed E-state index contributed by atoms with van der Waals surface area (Å²) in [6.07, 6.45) is 20.3. The van der Waals surface area contributed by atoms with Gasteiger partial charge in [-0.2, -0.15) is 0 Å². The summed E-state index contributed by atoms with van der Waals surface area (Å²) in [5.41, 5.74) is 17.9. The van der Waals surface area contributed by atoms with Gasteiger partial charge in [0.1, 0.15) is 11.5 Å². The fourth-order valence-corrected chi connectivity index (χ4v) is 19.2. The van der Waals surface area contributed by atoms with Crippen molar-refractivity contribution >= 4 is 7.82 Å². The first-order valence-electron chi connectivity index (χ1n) is 26.9. The van der Waals surface area contributed by atoms with Crippen LogP contribution >= 0.6 is 7.82 Å². The summed E-state index contributed by atoms with van der Waals surface area (Å²) in [5, 5.41) is 0. The molecule has 15 rings (SSSR count). The molecule has 66 heavy (non-hydrogen) atoms. The van der Waals surface area contributed by atoms with Gasteiger partial charge in [0.15, 0.2) is 0 Å². The average Bonchev–Trinajstić information content (AvgIpc) is 3.82. The summed E-state index contributed by atoms with van der Waals surface area (Å²) in [6, 6.07) is 19.6. The Morgan fingerprint density at radius 2 is 0.803 bits per heavy atom. The normalized spacial score (nSPS) is 35.2. The van der Waals surface area contributed by atoms with E-state index in [1.807, 2.05) is 0 Å². The van der Waals surface area contributed by atoms with Crippen LogP contribution in [0.4, 0.5) is 0 Å². The van der Waals surface area contributed by atoms with Gasteiger partial charge in [-0.25, -0.2) is 4.57 Å². The van der Waals surface area contributed by atoms with E-state index in [1.165, 1.54) is 122 Å². The van der Waals surface area contributed by atoms with E-state index in [-0.39, 0.29) is 39.9 Å². The molecule has 8 fully saturated rings. The van der Waals surface area contributed by atoms with Crippen molar-refractivity contribution in [2.75, 3.05) is 0 Å². The van der Waals surface area contributed by atoms with E-state index in [2.05, 4.69) is 104 Å². The first-order chi connectivity index (χ1) is 31.5. The van der Waals surface area contributed by atoms with Crippen LogP contribution in [0.15, 0.2) is 48.5 Å². The van der Waals surface area contributed by atoms with Crippen molar-refractivity contribution in [3.05, 3.63) is 104 Å². The maximum absolute atomic E-state index is 15.2. The highest BCUT2D eigenvalue weighted by atomic mass is 31.2. The first kappa shape index (κ1) is 42.7.